The molecule has 21 N–H and O–H groups in total. The second kappa shape index (κ2) is 51.7. The smallest absolute Gasteiger partial charge is 0.741 e. The van der Waals surface area contributed by atoms with Crippen molar-refractivity contribution in [2.75, 3.05) is 18.1 Å². The average Bonchev–Trinajstić information content (AvgIpc) is 1.63. The third-order valence-electron chi connectivity index (χ3n) is 14.8. The number of aromatic amines is 1. The van der Waals surface area contributed by atoms with Crippen LogP contribution in [0.2, 0.25) is 0 Å². The monoisotopic (exact) mass is 1600 g/mol. The number of nitrogens with two attached hydrogens (primary N) is 2. The number of amides is 7. The van der Waals surface area contributed by atoms with Gasteiger partial charge in [-0.05, 0) is 118 Å². The number of aliphatic carboxylic acids is 1. The van der Waals surface area contributed by atoms with E-state index in [0.717, 1.165) is 12.5 Å². The van der Waals surface area contributed by atoms with E-state index in [4.69, 9.17) is 24.4 Å². The molecule has 2 aromatic carbocycles. The first-order valence-corrected chi connectivity index (χ1v) is 31.2. The van der Waals surface area contributed by atoms with E-state index in [1.54, 1.807) is 54.7 Å². The molecule has 0 spiro atoms. The van der Waals surface area contributed by atoms with E-state index < -0.39 is 123 Å². The van der Waals surface area contributed by atoms with Crippen molar-refractivity contribution in [3.05, 3.63) is 139 Å². The molecule has 100 heavy (non-hydrogen) atoms. The van der Waals surface area contributed by atoms with E-state index in [9.17, 15) is 72.0 Å². The van der Waals surface area contributed by atoms with Crippen LogP contribution >= 0.6 is 38.8 Å². The van der Waals surface area contributed by atoms with Gasteiger partial charge in [0.2, 0.25) is 41.4 Å². The number of H-pyrrole nitrogens is 1. The van der Waals surface area contributed by atoms with Gasteiger partial charge in [-0.1, -0.05) is 90.6 Å². The number of carbonyl (C=O) groups excluding carboxylic acids is 8. The number of para-hydroxylation sites is 1. The SMILES string of the molecule is C.C[C@@H](O)[C@H](NC(=O)[C@H](CS)NC(=O)[C@@H](NC(=O)[C@H](CCCCN)NC(=O)[C@@H](Cc1c[nH]c2ccccc12)NC(=O)[C@H](C[C]1[CH][CH][C](O)[CH][CH]1)NC(=O)[C@H](CS)NC(=O)[C@H](N)Cc1ccccc1)[C@@H](C)O)C(=O)[O-].C[C]1[C](C)[C](C)[C](C)[C]1C.F.F.F.O.O.O.O=S(=O)([O-])C(F)(F)F.S.[Rh+2]. The van der Waals surface area contributed by atoms with Crippen LogP contribution in [0.1, 0.15) is 92.7 Å². The summed E-state index contributed by atoms with van der Waals surface area (Å²) in [5.41, 5.74) is 8.39. The third kappa shape index (κ3) is 34.2. The van der Waals surface area contributed by atoms with Crippen LogP contribution in [0.4, 0.5) is 27.3 Å². The van der Waals surface area contributed by atoms with E-state index in [0.29, 0.717) is 28.8 Å². The topological polar surface area (TPSA) is 524 Å². The number of carbonyl (C=O) groups is 8. The molecule has 2 fully saturated rings. The fraction of sp³-hybridized carbons (Fsp3) is 0.459. The van der Waals surface area contributed by atoms with Gasteiger partial charge >= 0.3 is 25.0 Å². The van der Waals surface area contributed by atoms with Crippen LogP contribution in [-0.4, -0.2) is 181 Å². The number of unbranched alkanes of at least 4 members (excludes halogenated alkanes) is 1. The number of carboxylic acid groups (broad SMARTS) is 1. The number of benzene rings is 2. The molecule has 10 atom stereocenters. The van der Waals surface area contributed by atoms with Crippen LogP contribution in [0.15, 0.2) is 60.8 Å². The summed E-state index contributed by atoms with van der Waals surface area (Å²) in [6.45, 7) is 13.5. The van der Waals surface area contributed by atoms with Gasteiger partial charge in [0.1, 0.15) is 42.4 Å². The second-order valence-electron chi connectivity index (χ2n) is 21.5. The largest absolute Gasteiger partial charge is 2.00 e. The maximum atomic E-state index is 14.6. The molecule has 0 unspecified atom stereocenters. The van der Waals surface area contributed by atoms with Crippen LogP contribution in [-0.2, 0) is 80.8 Å². The Hall–Kier alpha value is -5.42. The molecule has 3 aromatic rings. The van der Waals surface area contributed by atoms with Crippen molar-refractivity contribution in [3.63, 3.8) is 0 Å². The van der Waals surface area contributed by atoms with E-state index in [-0.39, 0.29) is 127 Å². The quantitative estimate of drug-likeness (QED) is 0.00952. The summed E-state index contributed by atoms with van der Waals surface area (Å²) in [6, 6.07) is 4.48. The van der Waals surface area contributed by atoms with Gasteiger partial charge < -0.3 is 99.9 Å². The average molecular weight is 1600 g/mol. The number of thiol groups is 2. The third-order valence-corrected chi connectivity index (χ3v) is 16.1. The van der Waals surface area contributed by atoms with Gasteiger partial charge in [-0.3, -0.25) is 47.7 Å². The van der Waals surface area contributed by atoms with Crippen molar-refractivity contribution in [2.24, 2.45) is 11.5 Å². The first-order chi connectivity index (χ1) is 42.6. The van der Waals surface area contributed by atoms with Crippen molar-refractivity contribution in [1.82, 2.24) is 42.2 Å². The van der Waals surface area contributed by atoms with Crippen molar-refractivity contribution < 1.29 is 135 Å². The van der Waals surface area contributed by atoms with Gasteiger partial charge in [0.05, 0.1) is 30.3 Å². The predicted molar refractivity (Wildman–Crippen MR) is 369 cm³/mol. The van der Waals surface area contributed by atoms with Gasteiger partial charge in [-0.15, -0.1) is 0 Å². The fourth-order valence-corrected chi connectivity index (χ4v) is 9.48. The molecule has 2 aliphatic rings. The molecule has 5 rings (SSSR count). The first-order valence-electron chi connectivity index (χ1n) is 28.5. The normalized spacial score (nSPS) is 16.5. The van der Waals surface area contributed by atoms with Crippen molar-refractivity contribution in [1.29, 1.82) is 0 Å². The fourth-order valence-electron chi connectivity index (χ4n) is 8.97. The molecule has 28 nitrogen and oxygen atoms in total. The number of aromatic nitrogens is 1. The van der Waals surface area contributed by atoms with Gasteiger partial charge in [0, 0.05) is 47.9 Å². The Morgan fingerprint density at radius 1 is 0.590 bits per heavy atom. The standard InChI is InChI=1S/C49H66N10O12S2.C10H15.CHF3O3S.CH4.3FH.3H2O.Rh.H2S/c1-26(60)40(48(69)57-39(25-73)47(68)59-41(27(2)61)49(70)71)58-43(64)35(14-8-9-19-50)53-45(66)37(22-30-23-52-34-13-7-6-12-32(30)34)55-44(65)36(21-29-15-17-31(62)18-16-29)54-46(67)38(24-72)56-42(63)33(51)20-28-10-4-3-5-11-28;1-6-7(2)9(4)10(5)8(6)3;2-1(3,4)8(5,6)7;;;;;;;;;/h3-7,10-13,15-18,23,26-27,33,35-41,52,60-62,72-73H,8-9,14,19-22,24-25,50-51H2,1-2H3,(H,53,66)(H,54,67)(H,55,65)(H,56,63)(H,57,69)(H,58,64)(H,59,68)(H,70,71);1-5H3;(H,5,6,7);1H4;3*1H;3*1H2;;1H2/q;;;;;;;;;;+2;/p-2/t26-,27-,33-,35+,36+,37-,38+,39+,40+,41+;;;;;;;;;;;/m1.........../s1. The molecule has 2 aliphatic carbocycles. The summed E-state index contributed by atoms with van der Waals surface area (Å²) in [4.78, 5) is 112. The molecule has 2 saturated carbocycles. The zero-order valence-electron chi connectivity index (χ0n) is 54.6. The summed E-state index contributed by atoms with van der Waals surface area (Å²) < 4.78 is 58.9. The van der Waals surface area contributed by atoms with Crippen molar-refractivity contribution in [3.8, 4) is 0 Å². The molecule has 572 valence electrons. The Bertz CT molecular complexity index is 2950. The summed E-state index contributed by atoms with van der Waals surface area (Å²) in [7, 11) is -6.09. The number of fused-ring (bicyclic) bond motifs is 1. The van der Waals surface area contributed by atoms with Crippen LogP contribution in [0.5, 0.6) is 0 Å². The van der Waals surface area contributed by atoms with Gasteiger partial charge in [0.25, 0.3) is 0 Å². The summed E-state index contributed by atoms with van der Waals surface area (Å²) in [6.07, 6.45) is 4.72. The maximum absolute atomic E-state index is 14.6. The van der Waals surface area contributed by atoms with Gasteiger partial charge in [-0.2, -0.15) is 51.9 Å². The number of alkyl halides is 3. The molecule has 7 amide bonds. The zero-order chi connectivity index (χ0) is 68.7. The molecule has 0 aliphatic heterocycles. The molecule has 0 bridgehead atoms. The number of carboxylic acids is 1. The second-order valence-corrected chi connectivity index (χ2v) is 23.6. The molecular weight excluding hydrogens is 1510 g/mol. The first kappa shape index (κ1) is 108. The number of aliphatic hydroxyl groups is 3. The Kier molecular flexibility index (Phi) is 55.8. The summed E-state index contributed by atoms with van der Waals surface area (Å²) >= 11 is 8.36. The van der Waals surface area contributed by atoms with Gasteiger partial charge in [-0.25, -0.2) is 8.42 Å². The number of hydrogen-bond donors (Lipinski definition) is 15. The van der Waals surface area contributed by atoms with Crippen LogP contribution in [0.3, 0.4) is 0 Å². The Labute approximate surface area is 610 Å². The summed E-state index contributed by atoms with van der Waals surface area (Å²) in [5.74, 6) is -0.842. The van der Waals surface area contributed by atoms with Crippen molar-refractivity contribution >= 4 is 107 Å². The number of aliphatic hydroxyl groups excluding tert-OH is 3. The minimum Gasteiger partial charge on any atom is -0.741 e. The number of hydrogen-bond acceptors (Lipinski definition) is 19. The van der Waals surface area contributed by atoms with Gasteiger partial charge in [0.15, 0.2) is 10.1 Å². The molecule has 12 radical (unpaired) electrons. The van der Waals surface area contributed by atoms with Crippen LogP contribution in [0, 0.1) is 67.3 Å². The zero-order valence-corrected chi connectivity index (χ0v) is 59.9. The van der Waals surface area contributed by atoms with E-state index in [2.05, 4.69) is 96.8 Å². The van der Waals surface area contributed by atoms with Crippen LogP contribution in [0.25, 0.3) is 10.9 Å². The van der Waals surface area contributed by atoms with E-state index in [1.807, 2.05) is 11.4 Å². The number of rotatable bonds is 29. The molecule has 1 heterocycles. The molecule has 39 heteroatoms. The Morgan fingerprint density at radius 2 is 0.970 bits per heavy atom. The molecule has 1 aromatic heterocycles. The number of halogens is 6. The van der Waals surface area contributed by atoms with Crippen LogP contribution < -0.4 is 53.8 Å². The molecule has 0 saturated heterocycles. The Balaban J connectivity index is -0.000000558. The van der Waals surface area contributed by atoms with E-state index in [1.165, 1.54) is 62.2 Å². The van der Waals surface area contributed by atoms with E-state index >= 15 is 0 Å². The predicted octanol–water partition coefficient (Wildman–Crippen LogP) is -1.37. The number of nitrogens with one attached hydrogen (secondary N) is 8. The summed E-state index contributed by atoms with van der Waals surface area (Å²) in [5, 5.41) is 60.1. The van der Waals surface area contributed by atoms with Crippen molar-refractivity contribution in [2.45, 2.75) is 160 Å². The minimum absolute atomic E-state index is 0. The Morgan fingerprint density at radius 3 is 1.40 bits per heavy atom. The molecular formula is C61H95F6N10O18RhS4. The minimum atomic E-state index is -6.09. The maximum Gasteiger partial charge on any atom is 2.00 e.